The first kappa shape index (κ1) is 13.8. The number of ether oxygens (including phenoxy) is 1. The molecule has 5 heteroatoms. The molecule has 1 aromatic carbocycles. The van der Waals surface area contributed by atoms with Crippen molar-refractivity contribution in [2.24, 2.45) is 0 Å². The number of methoxy groups -OCH3 is 1. The second kappa shape index (κ2) is 6.54. The molecule has 0 amide bonds. The maximum Gasteiger partial charge on any atom is 0.135 e. The molecule has 0 radical (unpaired) electrons. The number of rotatable bonds is 7. The minimum Gasteiger partial charge on any atom is -0.399 e. The fourth-order valence-electron chi connectivity index (χ4n) is 2.26. The average Bonchev–Trinajstić information content (AvgIpc) is 2.75. The number of aryl methyl sites for hydroxylation is 1. The highest BCUT2D eigenvalue weighted by atomic mass is 16.5. The second-order valence-electron chi connectivity index (χ2n) is 4.64. The Hall–Kier alpha value is -1.59. The summed E-state index contributed by atoms with van der Waals surface area (Å²) in [7, 11) is 1.72. The van der Waals surface area contributed by atoms with Crippen LogP contribution in [0.3, 0.4) is 0 Å². The molecular formula is C14H21N3O2. The van der Waals surface area contributed by atoms with Crippen molar-refractivity contribution in [2.75, 3.05) is 19.5 Å². The lowest BCUT2D eigenvalue weighted by molar-refractivity contribution is 0.191. The van der Waals surface area contributed by atoms with Gasteiger partial charge in [0.1, 0.15) is 12.4 Å². The van der Waals surface area contributed by atoms with Crippen LogP contribution in [0.25, 0.3) is 11.0 Å². The summed E-state index contributed by atoms with van der Waals surface area (Å²) in [6.07, 6.45) is 3.21. The molecule has 1 aromatic heterocycles. The van der Waals surface area contributed by atoms with Crippen molar-refractivity contribution in [1.82, 2.24) is 9.55 Å². The number of benzene rings is 1. The van der Waals surface area contributed by atoms with Crippen molar-refractivity contribution in [3.8, 4) is 0 Å². The maximum absolute atomic E-state index is 9.39. The van der Waals surface area contributed by atoms with E-state index in [0.717, 1.165) is 43.4 Å². The van der Waals surface area contributed by atoms with Gasteiger partial charge < -0.3 is 20.1 Å². The van der Waals surface area contributed by atoms with Gasteiger partial charge in [0.25, 0.3) is 0 Å². The van der Waals surface area contributed by atoms with Crippen molar-refractivity contribution in [1.29, 1.82) is 0 Å². The van der Waals surface area contributed by atoms with Crippen LogP contribution >= 0.6 is 0 Å². The second-order valence-corrected chi connectivity index (χ2v) is 4.64. The van der Waals surface area contributed by atoms with Crippen LogP contribution in [0, 0.1) is 0 Å². The number of nitrogens with two attached hydrogens (primary N) is 1. The molecule has 5 nitrogen and oxygen atoms in total. The fraction of sp³-hybridized carbons (Fsp3) is 0.500. The van der Waals surface area contributed by atoms with Crippen molar-refractivity contribution in [2.45, 2.75) is 32.4 Å². The van der Waals surface area contributed by atoms with E-state index in [-0.39, 0.29) is 6.61 Å². The van der Waals surface area contributed by atoms with E-state index in [1.165, 1.54) is 0 Å². The summed E-state index contributed by atoms with van der Waals surface area (Å²) in [6.45, 7) is 1.61. The Morgan fingerprint density at radius 3 is 2.89 bits per heavy atom. The van der Waals surface area contributed by atoms with E-state index in [1.807, 2.05) is 18.2 Å². The zero-order chi connectivity index (χ0) is 13.7. The normalized spacial score (nSPS) is 11.3. The minimum atomic E-state index is -0.0490. The van der Waals surface area contributed by atoms with Gasteiger partial charge in [-0.1, -0.05) is 0 Å². The summed E-state index contributed by atoms with van der Waals surface area (Å²) in [4.78, 5) is 4.42. The van der Waals surface area contributed by atoms with Crippen LogP contribution in [0.15, 0.2) is 18.2 Å². The molecule has 0 saturated carbocycles. The number of aliphatic hydroxyl groups is 1. The van der Waals surface area contributed by atoms with Gasteiger partial charge in [-0.15, -0.1) is 0 Å². The zero-order valence-corrected chi connectivity index (χ0v) is 11.3. The third-order valence-corrected chi connectivity index (χ3v) is 3.22. The predicted molar refractivity (Wildman–Crippen MR) is 75.8 cm³/mol. The number of hydrogen-bond acceptors (Lipinski definition) is 4. The monoisotopic (exact) mass is 263 g/mol. The summed E-state index contributed by atoms with van der Waals surface area (Å²) in [5, 5.41) is 9.39. The van der Waals surface area contributed by atoms with E-state index in [0.29, 0.717) is 11.5 Å². The summed E-state index contributed by atoms with van der Waals surface area (Å²) in [5.74, 6) is 0.701. The molecule has 104 valence electrons. The molecule has 0 aliphatic heterocycles. The molecule has 19 heavy (non-hydrogen) atoms. The molecule has 0 aliphatic carbocycles. The summed E-state index contributed by atoms with van der Waals surface area (Å²) in [6, 6.07) is 5.68. The largest absolute Gasteiger partial charge is 0.399 e. The molecule has 0 atom stereocenters. The lowest BCUT2D eigenvalue weighted by atomic mass is 10.2. The van der Waals surface area contributed by atoms with Gasteiger partial charge >= 0.3 is 0 Å². The highest BCUT2D eigenvalue weighted by molar-refractivity contribution is 5.79. The Morgan fingerprint density at radius 2 is 2.16 bits per heavy atom. The number of unbranched alkanes of at least 4 members (excludes halogenated alkanes) is 2. The third-order valence-electron chi connectivity index (χ3n) is 3.22. The van der Waals surface area contributed by atoms with Crippen LogP contribution in [-0.4, -0.2) is 28.4 Å². The van der Waals surface area contributed by atoms with Gasteiger partial charge in [0.15, 0.2) is 0 Å². The Morgan fingerprint density at radius 1 is 1.32 bits per heavy atom. The first-order valence-electron chi connectivity index (χ1n) is 6.60. The van der Waals surface area contributed by atoms with Gasteiger partial charge in [-0.25, -0.2) is 4.98 Å². The number of hydrogen-bond donors (Lipinski definition) is 2. The Bertz CT molecular complexity index is 537. The van der Waals surface area contributed by atoms with Gasteiger partial charge in [-0.2, -0.15) is 0 Å². The highest BCUT2D eigenvalue weighted by Crippen LogP contribution is 2.20. The van der Waals surface area contributed by atoms with Crippen LogP contribution < -0.4 is 5.73 Å². The SMILES string of the molecule is COCCCCCn1c(CO)nc2cc(N)ccc21. The van der Waals surface area contributed by atoms with Crippen molar-refractivity contribution < 1.29 is 9.84 Å². The smallest absolute Gasteiger partial charge is 0.135 e. The van der Waals surface area contributed by atoms with Gasteiger partial charge in [0, 0.05) is 25.9 Å². The highest BCUT2D eigenvalue weighted by Gasteiger charge is 2.09. The van der Waals surface area contributed by atoms with Crippen LogP contribution in [0.5, 0.6) is 0 Å². The lowest BCUT2D eigenvalue weighted by Crippen LogP contribution is -2.04. The molecule has 0 unspecified atom stereocenters. The number of fused-ring (bicyclic) bond motifs is 1. The number of imidazole rings is 1. The van der Waals surface area contributed by atoms with E-state index in [4.69, 9.17) is 10.5 Å². The molecule has 0 bridgehead atoms. The summed E-state index contributed by atoms with van der Waals surface area (Å²) < 4.78 is 7.11. The first-order chi connectivity index (χ1) is 9.26. The quantitative estimate of drug-likeness (QED) is 0.591. The molecule has 1 heterocycles. The van der Waals surface area contributed by atoms with Crippen LogP contribution in [-0.2, 0) is 17.9 Å². The average molecular weight is 263 g/mol. The molecule has 3 N–H and O–H groups in total. The number of nitrogens with zero attached hydrogens (tertiary/aromatic N) is 2. The summed E-state index contributed by atoms with van der Waals surface area (Å²) >= 11 is 0. The van der Waals surface area contributed by atoms with Crippen LogP contribution in [0.2, 0.25) is 0 Å². The first-order valence-corrected chi connectivity index (χ1v) is 6.60. The molecular weight excluding hydrogens is 242 g/mol. The van der Waals surface area contributed by atoms with E-state index >= 15 is 0 Å². The lowest BCUT2D eigenvalue weighted by Gasteiger charge is -2.07. The van der Waals surface area contributed by atoms with Gasteiger partial charge in [-0.05, 0) is 37.5 Å². The van der Waals surface area contributed by atoms with E-state index in [1.54, 1.807) is 7.11 Å². The van der Waals surface area contributed by atoms with E-state index in [9.17, 15) is 5.11 Å². The van der Waals surface area contributed by atoms with Gasteiger partial charge in [-0.3, -0.25) is 0 Å². The summed E-state index contributed by atoms with van der Waals surface area (Å²) in [5.41, 5.74) is 8.33. The molecule has 2 rings (SSSR count). The molecule has 0 saturated heterocycles. The Kier molecular flexibility index (Phi) is 4.76. The fourth-order valence-corrected chi connectivity index (χ4v) is 2.26. The van der Waals surface area contributed by atoms with E-state index < -0.39 is 0 Å². The van der Waals surface area contributed by atoms with Crippen molar-refractivity contribution in [3.05, 3.63) is 24.0 Å². The third kappa shape index (κ3) is 3.24. The zero-order valence-electron chi connectivity index (χ0n) is 11.3. The molecule has 0 fully saturated rings. The van der Waals surface area contributed by atoms with Crippen molar-refractivity contribution in [3.63, 3.8) is 0 Å². The maximum atomic E-state index is 9.39. The topological polar surface area (TPSA) is 73.3 Å². The number of aliphatic hydroxyl groups excluding tert-OH is 1. The van der Waals surface area contributed by atoms with Gasteiger partial charge in [0.2, 0.25) is 0 Å². The van der Waals surface area contributed by atoms with Crippen LogP contribution in [0.1, 0.15) is 25.1 Å². The standard InChI is InChI=1S/C14H21N3O2/c1-19-8-4-2-3-7-17-13-6-5-11(15)9-12(13)16-14(17)10-18/h5-6,9,18H,2-4,7-8,10,15H2,1H3. The van der Waals surface area contributed by atoms with Crippen LogP contribution in [0.4, 0.5) is 5.69 Å². The predicted octanol–water partition coefficient (Wildman–Crippen LogP) is 1.93. The number of nitrogen functional groups attached to an aromatic ring is 1. The van der Waals surface area contributed by atoms with E-state index in [2.05, 4.69) is 9.55 Å². The Labute approximate surface area is 113 Å². The van der Waals surface area contributed by atoms with Crippen molar-refractivity contribution >= 4 is 16.7 Å². The van der Waals surface area contributed by atoms with Gasteiger partial charge in [0.05, 0.1) is 11.0 Å². The number of anilines is 1. The molecule has 0 spiro atoms. The minimum absolute atomic E-state index is 0.0490. The Balaban J connectivity index is 2.11. The molecule has 0 aliphatic rings. The number of aromatic nitrogens is 2. The molecule has 2 aromatic rings.